The Balaban J connectivity index is 3.44. The summed E-state index contributed by atoms with van der Waals surface area (Å²) in [7, 11) is 0. The predicted molar refractivity (Wildman–Crippen MR) is 324 cm³/mol. The molecule has 6 nitrogen and oxygen atoms in total. The van der Waals surface area contributed by atoms with Gasteiger partial charge in [0.2, 0.25) is 5.91 Å². The molecule has 0 spiro atoms. The molecule has 0 aliphatic rings. The van der Waals surface area contributed by atoms with Crippen molar-refractivity contribution < 1.29 is 24.5 Å². The van der Waals surface area contributed by atoms with E-state index in [4.69, 9.17) is 4.74 Å². The van der Waals surface area contributed by atoms with E-state index in [1.165, 1.54) is 302 Å². The van der Waals surface area contributed by atoms with E-state index in [1.807, 2.05) is 6.08 Å². The third-order valence-electron chi connectivity index (χ3n) is 15.7. The Labute approximate surface area is 462 Å². The highest BCUT2D eigenvalue weighted by Gasteiger charge is 2.18. The van der Waals surface area contributed by atoms with Gasteiger partial charge in [0.25, 0.3) is 0 Å². The molecule has 0 aliphatic heterocycles. The molecule has 0 saturated carbocycles. The number of unbranched alkanes of at least 4 members (excludes halogenated alkanes) is 50. The fraction of sp³-hybridized carbons (Fsp3) is 0.912. The third kappa shape index (κ3) is 59.6. The largest absolute Gasteiger partial charge is 0.466 e. The summed E-state index contributed by atoms with van der Waals surface area (Å²) >= 11 is 0. The Bertz CT molecular complexity index is 1150. The number of nitrogens with one attached hydrogen (secondary N) is 1. The summed E-state index contributed by atoms with van der Waals surface area (Å²) in [5.41, 5.74) is 0. The average Bonchev–Trinajstić information content (AvgIpc) is 3.40. The summed E-state index contributed by atoms with van der Waals surface area (Å²) in [6.07, 6.45) is 79.5. The van der Waals surface area contributed by atoms with Crippen molar-refractivity contribution in [1.29, 1.82) is 0 Å². The van der Waals surface area contributed by atoms with Crippen LogP contribution in [0.15, 0.2) is 24.3 Å². The number of aliphatic hydroxyl groups is 2. The monoisotopic (exact) mass is 1040 g/mol. The van der Waals surface area contributed by atoms with E-state index >= 15 is 0 Å². The van der Waals surface area contributed by atoms with Crippen molar-refractivity contribution in [2.45, 2.75) is 386 Å². The lowest BCUT2D eigenvalue weighted by molar-refractivity contribution is -0.143. The van der Waals surface area contributed by atoms with Gasteiger partial charge in [0, 0.05) is 12.8 Å². The quantitative estimate of drug-likeness (QED) is 0.0320. The van der Waals surface area contributed by atoms with E-state index in [2.05, 4.69) is 31.3 Å². The van der Waals surface area contributed by atoms with Crippen LogP contribution in [0.1, 0.15) is 373 Å². The number of aliphatic hydroxyl groups excluding tert-OH is 2. The van der Waals surface area contributed by atoms with Crippen LogP contribution in [0, 0.1) is 0 Å². The summed E-state index contributed by atoms with van der Waals surface area (Å²) < 4.78 is 5.48. The summed E-state index contributed by atoms with van der Waals surface area (Å²) in [4.78, 5) is 24.6. The number of esters is 1. The summed E-state index contributed by atoms with van der Waals surface area (Å²) in [6.45, 7) is 4.93. The molecule has 0 aromatic carbocycles. The van der Waals surface area contributed by atoms with E-state index in [9.17, 15) is 19.8 Å². The first-order chi connectivity index (χ1) is 36.5. The van der Waals surface area contributed by atoms with E-state index in [0.29, 0.717) is 19.4 Å². The maximum Gasteiger partial charge on any atom is 0.305 e. The van der Waals surface area contributed by atoms with Gasteiger partial charge in [0.1, 0.15) is 0 Å². The normalized spacial score (nSPS) is 12.6. The number of carbonyl (C=O) groups excluding carboxylic acids is 2. The molecule has 0 aromatic rings. The second-order valence-corrected chi connectivity index (χ2v) is 23.2. The van der Waals surface area contributed by atoms with Crippen molar-refractivity contribution in [1.82, 2.24) is 5.32 Å². The second-order valence-electron chi connectivity index (χ2n) is 23.2. The molecule has 2 atom stereocenters. The SMILES string of the molecule is CCCCCCCCCCCCCCCCCCCCC/C=C/C(O)C(CO)NC(=O)CCCCCCCCC/C=C\CCCCCCCCCCCCCCOC(=O)CCCCCCCCCCCCCCC. The van der Waals surface area contributed by atoms with Crippen molar-refractivity contribution in [3.63, 3.8) is 0 Å². The molecular formula is C68H131NO5. The van der Waals surface area contributed by atoms with Gasteiger partial charge >= 0.3 is 5.97 Å². The van der Waals surface area contributed by atoms with Crippen LogP contribution < -0.4 is 5.32 Å². The van der Waals surface area contributed by atoms with Crippen LogP contribution in [0.5, 0.6) is 0 Å². The number of hydrogen-bond acceptors (Lipinski definition) is 5. The minimum Gasteiger partial charge on any atom is -0.466 e. The Morgan fingerprint density at radius 3 is 0.959 bits per heavy atom. The topological polar surface area (TPSA) is 95.9 Å². The van der Waals surface area contributed by atoms with Gasteiger partial charge in [-0.15, -0.1) is 0 Å². The van der Waals surface area contributed by atoms with Crippen LogP contribution >= 0.6 is 0 Å². The lowest BCUT2D eigenvalue weighted by Crippen LogP contribution is -2.45. The molecule has 0 saturated heterocycles. The van der Waals surface area contributed by atoms with Crippen LogP contribution in [0.4, 0.5) is 0 Å². The van der Waals surface area contributed by atoms with Crippen LogP contribution in [-0.2, 0) is 14.3 Å². The molecule has 6 heteroatoms. The molecule has 2 unspecified atom stereocenters. The molecule has 0 heterocycles. The molecule has 0 bridgehead atoms. The van der Waals surface area contributed by atoms with Crippen LogP contribution in [0.3, 0.4) is 0 Å². The van der Waals surface area contributed by atoms with Crippen molar-refractivity contribution >= 4 is 11.9 Å². The molecule has 438 valence electrons. The van der Waals surface area contributed by atoms with Crippen LogP contribution in [0.2, 0.25) is 0 Å². The molecule has 0 rings (SSSR count). The molecular weight excluding hydrogens is 911 g/mol. The van der Waals surface area contributed by atoms with E-state index in [0.717, 1.165) is 44.9 Å². The van der Waals surface area contributed by atoms with Crippen molar-refractivity contribution in [2.75, 3.05) is 13.2 Å². The van der Waals surface area contributed by atoms with Gasteiger partial charge in [-0.25, -0.2) is 0 Å². The second kappa shape index (κ2) is 63.9. The molecule has 0 aromatic heterocycles. The summed E-state index contributed by atoms with van der Waals surface area (Å²) in [5.74, 6) is -0.0575. The van der Waals surface area contributed by atoms with E-state index in [1.54, 1.807) is 6.08 Å². The van der Waals surface area contributed by atoms with Gasteiger partial charge in [-0.3, -0.25) is 9.59 Å². The molecule has 1 amide bonds. The molecule has 74 heavy (non-hydrogen) atoms. The van der Waals surface area contributed by atoms with Crippen molar-refractivity contribution in [3.8, 4) is 0 Å². The van der Waals surface area contributed by atoms with Gasteiger partial charge in [-0.1, -0.05) is 327 Å². The fourth-order valence-corrected chi connectivity index (χ4v) is 10.6. The maximum absolute atomic E-state index is 12.5. The summed E-state index contributed by atoms with van der Waals surface area (Å²) in [6, 6.07) is -0.633. The number of carbonyl (C=O) groups is 2. The number of amides is 1. The van der Waals surface area contributed by atoms with E-state index < -0.39 is 12.1 Å². The highest BCUT2D eigenvalue weighted by atomic mass is 16.5. The minimum absolute atomic E-state index is 0.0131. The zero-order chi connectivity index (χ0) is 53.6. The Morgan fingerprint density at radius 1 is 0.365 bits per heavy atom. The minimum atomic E-state index is -0.849. The van der Waals surface area contributed by atoms with Crippen LogP contribution in [-0.4, -0.2) is 47.4 Å². The first kappa shape index (κ1) is 72.3. The molecule has 3 N–H and O–H groups in total. The van der Waals surface area contributed by atoms with Gasteiger partial charge < -0.3 is 20.3 Å². The Hall–Kier alpha value is -1.66. The average molecular weight is 1040 g/mol. The molecule has 0 aliphatic carbocycles. The lowest BCUT2D eigenvalue weighted by Gasteiger charge is -2.20. The highest BCUT2D eigenvalue weighted by Crippen LogP contribution is 2.18. The summed E-state index contributed by atoms with van der Waals surface area (Å²) in [5, 5.41) is 23.2. The number of hydrogen-bond donors (Lipinski definition) is 3. The van der Waals surface area contributed by atoms with Gasteiger partial charge in [-0.05, 0) is 57.8 Å². The molecule has 0 fully saturated rings. The number of allylic oxidation sites excluding steroid dienone is 3. The van der Waals surface area contributed by atoms with Gasteiger partial charge in [0.05, 0.1) is 25.4 Å². The first-order valence-electron chi connectivity index (χ1n) is 33.6. The van der Waals surface area contributed by atoms with Gasteiger partial charge in [0.15, 0.2) is 0 Å². The Kier molecular flexibility index (Phi) is 62.4. The molecule has 0 radical (unpaired) electrons. The third-order valence-corrected chi connectivity index (χ3v) is 15.7. The fourth-order valence-electron chi connectivity index (χ4n) is 10.6. The number of rotatable bonds is 63. The number of ether oxygens (including phenoxy) is 1. The zero-order valence-electron chi connectivity index (χ0n) is 50.1. The Morgan fingerprint density at radius 2 is 0.635 bits per heavy atom. The van der Waals surface area contributed by atoms with Crippen LogP contribution in [0.25, 0.3) is 0 Å². The van der Waals surface area contributed by atoms with E-state index in [-0.39, 0.29) is 18.5 Å². The van der Waals surface area contributed by atoms with Crippen molar-refractivity contribution in [2.24, 2.45) is 0 Å². The predicted octanol–water partition coefficient (Wildman–Crippen LogP) is 21.4. The standard InChI is InChI=1S/C68H131NO5/c1-3-5-7-9-11-13-15-17-18-19-20-24-27-30-33-37-40-44-48-52-56-60-66(71)65(64-70)69-67(72)61-57-53-49-45-41-38-34-31-28-25-22-21-23-26-29-32-35-39-43-47-51-55-59-63-74-68(73)62-58-54-50-46-42-36-16-14-12-10-8-6-4-2/h25,28,56,60,65-66,70-71H,3-24,26-27,29-55,57-59,61-64H2,1-2H3,(H,69,72)/b28-25-,60-56+. The zero-order valence-corrected chi connectivity index (χ0v) is 50.1. The highest BCUT2D eigenvalue weighted by molar-refractivity contribution is 5.76. The van der Waals surface area contributed by atoms with Crippen molar-refractivity contribution in [3.05, 3.63) is 24.3 Å². The first-order valence-corrected chi connectivity index (χ1v) is 33.6. The smallest absolute Gasteiger partial charge is 0.305 e. The maximum atomic E-state index is 12.5. The van der Waals surface area contributed by atoms with Gasteiger partial charge in [-0.2, -0.15) is 0 Å². The lowest BCUT2D eigenvalue weighted by atomic mass is 10.0.